The second kappa shape index (κ2) is 29.2. The number of hydrogen-bond acceptors (Lipinski definition) is 21. The molecule has 23 nitrogen and oxygen atoms in total. The lowest BCUT2D eigenvalue weighted by Gasteiger charge is -2.48. The molecule has 4 heterocycles. The van der Waals surface area contributed by atoms with E-state index in [0.29, 0.717) is 35.5 Å². The fourth-order valence-electron chi connectivity index (χ4n) is 11.3. The molecule has 2 aromatic rings. The lowest BCUT2D eigenvalue weighted by atomic mass is 9.77. The minimum atomic E-state index is -1.80. The zero-order valence-corrected chi connectivity index (χ0v) is 49.2. The van der Waals surface area contributed by atoms with Crippen molar-refractivity contribution in [3.8, 4) is 0 Å². The number of carbonyl (C=O) groups is 3. The van der Waals surface area contributed by atoms with Gasteiger partial charge in [0.2, 0.25) is 12.3 Å². The highest BCUT2D eigenvalue weighted by Crippen LogP contribution is 2.40. The van der Waals surface area contributed by atoms with Crippen molar-refractivity contribution in [1.29, 1.82) is 0 Å². The first kappa shape index (κ1) is 66.7. The highest BCUT2D eigenvalue weighted by Gasteiger charge is 2.53. The third-order valence-electron chi connectivity index (χ3n) is 16.2. The first-order chi connectivity index (χ1) is 36.5. The number of hydroxylamine groups is 2. The zero-order chi connectivity index (χ0) is 58.6. The van der Waals surface area contributed by atoms with E-state index in [1.807, 2.05) is 76.8 Å². The summed E-state index contributed by atoms with van der Waals surface area (Å²) >= 11 is 0. The molecule has 19 atom stereocenters. The van der Waals surface area contributed by atoms with Crippen LogP contribution >= 0.6 is 0 Å². The van der Waals surface area contributed by atoms with E-state index < -0.39 is 102 Å². The summed E-state index contributed by atoms with van der Waals surface area (Å²) in [6, 6.07) is 4.79. The Bertz CT molecular complexity index is 2200. The number of nitrogens with one attached hydrogen (secondary N) is 2. The summed E-state index contributed by atoms with van der Waals surface area (Å²) in [6.07, 6.45) is -4.53. The molecule has 8 N–H and O–H groups in total. The summed E-state index contributed by atoms with van der Waals surface area (Å²) in [4.78, 5) is 45.4. The quantitative estimate of drug-likeness (QED) is 0.0368. The molecule has 0 bridgehead atoms. The van der Waals surface area contributed by atoms with Gasteiger partial charge in [0.05, 0.1) is 59.5 Å². The summed E-state index contributed by atoms with van der Waals surface area (Å²) in [5.41, 5.74) is 3.12. The Morgan fingerprint density at radius 1 is 0.987 bits per heavy atom. The van der Waals surface area contributed by atoms with E-state index in [0.717, 1.165) is 24.8 Å². The number of carbonyl (C=O) groups excluding carboxylic acids is 3. The number of benzene rings is 1. The van der Waals surface area contributed by atoms with E-state index in [1.54, 1.807) is 41.5 Å². The second-order valence-corrected chi connectivity index (χ2v) is 23.3. The lowest BCUT2D eigenvalue weighted by molar-refractivity contribution is -0.318. The number of anilines is 1. The fraction of sp³-hybridized carbons (Fsp3) is 0.818. The third-order valence-corrected chi connectivity index (χ3v) is 16.2. The van der Waals surface area contributed by atoms with Crippen molar-refractivity contribution in [3.63, 3.8) is 0 Å². The van der Waals surface area contributed by atoms with Gasteiger partial charge in [0, 0.05) is 38.1 Å². The summed E-state index contributed by atoms with van der Waals surface area (Å²) in [5, 5.41) is 76.0. The van der Waals surface area contributed by atoms with Gasteiger partial charge >= 0.3 is 5.97 Å². The minimum Gasteiger partial charge on any atom is -0.459 e. The number of aliphatic hydroxyl groups excluding tert-OH is 3. The number of nitrogens with zero attached hydrogens (tertiary/aromatic N) is 6. The molecule has 1 aromatic heterocycles. The van der Waals surface area contributed by atoms with Crippen LogP contribution in [-0.4, -0.2) is 211 Å². The number of aromatic nitrogens is 3. The predicted molar refractivity (Wildman–Crippen MR) is 290 cm³/mol. The number of cyclic esters (lactones) is 1. The maximum atomic E-state index is 14.2. The minimum absolute atomic E-state index is 0.0728. The van der Waals surface area contributed by atoms with Gasteiger partial charge in [-0.3, -0.25) is 30.4 Å². The molecule has 0 unspecified atom stereocenters. The Hall–Kier alpha value is -3.82. The Morgan fingerprint density at radius 3 is 2.28 bits per heavy atom. The normalized spacial score (nSPS) is 37.0. The third kappa shape index (κ3) is 17.1. The SMILES string of the molecule is CCCCC[C@H](CN(O)C=O)C(=O)NNc1nnc2cccc(C)c2n1.CC[C@H]1OC(=O)[C@H](C)[C@@H](O[C@H]2C[C@@](C)(OC)[C@@H](O)[C@H](C)O2)[C@H](C)[C@@H](O[C@@H]2O[C@H](C)C[C@H](N(C)C)[C@H]2O)[C@](C)(O)C[C@@H](C)CN(C)[C@H](C)[C@@H](O)[C@]1(C)O. The molecule has 3 aliphatic heterocycles. The van der Waals surface area contributed by atoms with Gasteiger partial charge < -0.3 is 63.8 Å². The molecule has 5 rings (SSSR count). The number of ether oxygens (including phenoxy) is 6. The lowest BCUT2D eigenvalue weighted by Crippen LogP contribution is -2.60. The number of aryl methyl sites for hydroxylation is 1. The Labute approximate surface area is 461 Å². The zero-order valence-electron chi connectivity index (χ0n) is 49.2. The van der Waals surface area contributed by atoms with Crippen molar-refractivity contribution in [1.82, 2.24) is 35.5 Å². The van der Waals surface area contributed by atoms with Crippen LogP contribution in [0.5, 0.6) is 0 Å². The second-order valence-electron chi connectivity index (χ2n) is 23.3. The number of hydrogen-bond donors (Lipinski definition) is 8. The van der Waals surface area contributed by atoms with E-state index in [4.69, 9.17) is 28.4 Å². The van der Waals surface area contributed by atoms with E-state index in [-0.39, 0.29) is 62.1 Å². The van der Waals surface area contributed by atoms with E-state index >= 15 is 0 Å². The molecular weight excluding hydrogens is 1010 g/mol. The molecule has 3 fully saturated rings. The van der Waals surface area contributed by atoms with Gasteiger partial charge in [0.25, 0.3) is 5.95 Å². The number of unbranched alkanes of at least 4 members (excludes halogenated alkanes) is 2. The number of rotatable bonds is 17. The highest BCUT2D eigenvalue weighted by atomic mass is 16.7. The number of fused-ring (bicyclic) bond motifs is 1. The maximum absolute atomic E-state index is 14.2. The first-order valence-electron chi connectivity index (χ1n) is 27.8. The molecule has 78 heavy (non-hydrogen) atoms. The highest BCUT2D eigenvalue weighted by molar-refractivity contribution is 5.81. The summed E-state index contributed by atoms with van der Waals surface area (Å²) in [6.45, 7) is 21.9. The van der Waals surface area contributed by atoms with Crippen molar-refractivity contribution in [2.75, 3.05) is 46.8 Å². The van der Waals surface area contributed by atoms with Crippen LogP contribution < -0.4 is 10.9 Å². The average molecular weight is 1110 g/mol. The number of aliphatic hydroxyl groups is 5. The number of esters is 1. The molecule has 0 spiro atoms. The van der Waals surface area contributed by atoms with Gasteiger partial charge in [0.15, 0.2) is 12.6 Å². The van der Waals surface area contributed by atoms with Gasteiger partial charge in [-0.2, -0.15) is 0 Å². The van der Waals surface area contributed by atoms with Crippen LogP contribution in [-0.2, 0) is 42.8 Å². The van der Waals surface area contributed by atoms with Gasteiger partial charge in [-0.05, 0) is 120 Å². The molecule has 446 valence electrons. The molecule has 2 amide bonds. The van der Waals surface area contributed by atoms with Crippen LogP contribution in [0.15, 0.2) is 18.2 Å². The Kier molecular flexibility index (Phi) is 25.0. The van der Waals surface area contributed by atoms with Gasteiger partial charge in [-0.15, -0.1) is 10.2 Å². The monoisotopic (exact) mass is 1110 g/mol. The van der Waals surface area contributed by atoms with Gasteiger partial charge in [-0.25, -0.2) is 10.0 Å². The largest absolute Gasteiger partial charge is 0.459 e. The van der Waals surface area contributed by atoms with E-state index in [2.05, 4.69) is 33.0 Å². The topological polar surface area (TPSA) is 300 Å². The van der Waals surface area contributed by atoms with Crippen LogP contribution in [0.25, 0.3) is 11.0 Å². The van der Waals surface area contributed by atoms with Gasteiger partial charge in [-0.1, -0.05) is 59.1 Å². The smallest absolute Gasteiger partial charge is 0.311 e. The Balaban J connectivity index is 0.000000421. The van der Waals surface area contributed by atoms with Crippen molar-refractivity contribution >= 4 is 35.3 Å². The molecule has 0 saturated carbocycles. The molecule has 3 aliphatic rings. The maximum Gasteiger partial charge on any atom is 0.311 e. The number of methoxy groups -OCH3 is 1. The van der Waals surface area contributed by atoms with Crippen LogP contribution in [0, 0.1) is 30.6 Å². The first-order valence-corrected chi connectivity index (χ1v) is 27.8. The predicted octanol–water partition coefficient (Wildman–Crippen LogP) is 3.72. The van der Waals surface area contributed by atoms with Crippen LogP contribution in [0.2, 0.25) is 0 Å². The summed E-state index contributed by atoms with van der Waals surface area (Å²) < 4.78 is 37.5. The van der Waals surface area contributed by atoms with E-state index in [9.17, 15) is 45.1 Å². The molecule has 0 aliphatic carbocycles. The Morgan fingerprint density at radius 2 is 1.67 bits per heavy atom. The van der Waals surface area contributed by atoms with Crippen LogP contribution in [0.1, 0.15) is 133 Å². The van der Waals surface area contributed by atoms with Crippen LogP contribution in [0.3, 0.4) is 0 Å². The summed E-state index contributed by atoms with van der Waals surface area (Å²) in [5.74, 6) is -3.31. The molecule has 0 radical (unpaired) electrons. The van der Waals surface area contributed by atoms with Crippen molar-refractivity contribution in [3.05, 3.63) is 23.8 Å². The van der Waals surface area contributed by atoms with Crippen molar-refractivity contribution in [2.24, 2.45) is 23.7 Å². The average Bonchev–Trinajstić information content (AvgIpc) is 3.39. The van der Waals surface area contributed by atoms with E-state index in [1.165, 1.54) is 14.0 Å². The van der Waals surface area contributed by atoms with Gasteiger partial charge in [0.1, 0.15) is 35.5 Å². The molecule has 1 aromatic carbocycles. The molecule has 23 heteroatoms. The fourth-order valence-corrected chi connectivity index (χ4v) is 11.3. The number of hydrazine groups is 1. The summed E-state index contributed by atoms with van der Waals surface area (Å²) in [7, 11) is 7.12. The van der Waals surface area contributed by atoms with Crippen molar-refractivity contribution in [2.45, 2.75) is 225 Å². The number of para-hydroxylation sites is 1. The van der Waals surface area contributed by atoms with Crippen LogP contribution in [0.4, 0.5) is 5.95 Å². The molecular formula is C55H96N8O15. The molecule has 3 saturated heterocycles. The number of amides is 2. The number of likely N-dealkylation sites (N-methyl/N-ethyl adjacent to an activating group) is 2. The standard InChI is InChI=1S/C38H72N2O12.C17H24N6O3/c1-15-27-38(10,46)31(42)24(6)40(13)19-20(2)17-36(8,45)33(52-35-29(41)26(39(11)12)16-21(3)48-35)22(4)30(23(5)34(44)50-27)51-28-18-37(9,47-14)32(43)25(7)49-28;1-3-4-5-8-13(10-23(26)11-24)16(25)20-22-17-18-15-12(2)7-6-9-14(15)19-21-17/h20-33,35,41-43,45-46H,15-19H2,1-14H3;6-7,9,11,13,26H,3-5,8,10H2,1-2H3,(H,20,25)(H,18,21,22)/t20-,21-,22+,23-,24-,25+,26+,27-,28+,29-,30+,31-,32+,33-,35+,36-,37-,38-;13-/m11/s1. The van der Waals surface area contributed by atoms with Crippen molar-refractivity contribution < 1.29 is 73.5 Å².